The Kier molecular flexibility index (Phi) is 19.1. The average molecular weight is 1030 g/mol. The number of nitrogens with two attached hydrogens (primary N) is 1. The van der Waals surface area contributed by atoms with Crippen LogP contribution in [-0.2, 0) is 45.8 Å². The second-order valence-corrected chi connectivity index (χ2v) is 19.1. The molecule has 0 radical (unpaired) electrons. The van der Waals surface area contributed by atoms with E-state index in [1.807, 2.05) is 49.1 Å². The lowest BCUT2D eigenvalue weighted by molar-refractivity contribution is -0.121. The second-order valence-electron chi connectivity index (χ2n) is 18.7. The molecule has 8 rings (SSSR count). The number of hydrogen-bond acceptors (Lipinski definition) is 9. The number of nitrogens with one attached hydrogen (secondary N) is 5. The summed E-state index contributed by atoms with van der Waals surface area (Å²) in [5.74, 6) is 0.607. The Bertz CT molecular complexity index is 2960. The number of carbonyl (C=O) groups excluding carboxylic acids is 4. The first-order valence-corrected chi connectivity index (χ1v) is 25.0. The maximum atomic E-state index is 15.1. The highest BCUT2D eigenvalue weighted by Crippen LogP contribution is 2.42. The van der Waals surface area contributed by atoms with Crippen molar-refractivity contribution in [1.29, 1.82) is 0 Å². The maximum absolute atomic E-state index is 15.1. The Balaban J connectivity index is 0.00000105. The van der Waals surface area contributed by atoms with Gasteiger partial charge in [-0.2, -0.15) is 0 Å². The van der Waals surface area contributed by atoms with Gasteiger partial charge in [0.25, 0.3) is 17.7 Å². The topological polar surface area (TPSA) is 185 Å². The summed E-state index contributed by atoms with van der Waals surface area (Å²) < 4.78 is 52.0. The molecule has 0 saturated carbocycles. The molecular weight excluding hydrogens is 971 g/mol. The number of carbonyl (C=O) groups is 4. The van der Waals surface area contributed by atoms with Gasteiger partial charge >= 0.3 is 0 Å². The van der Waals surface area contributed by atoms with Gasteiger partial charge in [-0.15, -0.1) is 0 Å². The molecule has 7 N–H and O–H groups in total. The van der Waals surface area contributed by atoms with Gasteiger partial charge in [-0.1, -0.05) is 68.5 Å². The minimum Gasteiger partial charge on any atom is -0.399 e. The van der Waals surface area contributed by atoms with Crippen LogP contribution in [0.15, 0.2) is 97.3 Å². The highest BCUT2D eigenvalue weighted by atomic mass is 35.5. The summed E-state index contributed by atoms with van der Waals surface area (Å²) in [4.78, 5) is 57.2. The van der Waals surface area contributed by atoms with E-state index in [1.165, 1.54) is 57.1 Å². The molecule has 4 heterocycles. The Morgan fingerprint density at radius 2 is 1.51 bits per heavy atom. The summed E-state index contributed by atoms with van der Waals surface area (Å²) in [5, 5.41) is 15.1. The van der Waals surface area contributed by atoms with Gasteiger partial charge in [0.05, 0.1) is 18.8 Å². The number of nitrogen functional groups attached to an aromatic ring is 1. The van der Waals surface area contributed by atoms with Crippen molar-refractivity contribution in [2.24, 2.45) is 0 Å². The molecule has 2 aromatic heterocycles. The lowest BCUT2D eigenvalue weighted by atomic mass is 9.86. The van der Waals surface area contributed by atoms with E-state index in [2.05, 4.69) is 43.4 Å². The number of hydrogen-bond donors (Lipinski definition) is 6. The molecule has 74 heavy (non-hydrogen) atoms. The van der Waals surface area contributed by atoms with Crippen LogP contribution in [0.1, 0.15) is 88.1 Å². The van der Waals surface area contributed by atoms with Gasteiger partial charge in [0.2, 0.25) is 5.91 Å². The quantitative estimate of drug-likeness (QED) is 0.0309. The van der Waals surface area contributed by atoms with Crippen LogP contribution in [0.4, 0.5) is 24.5 Å². The highest BCUT2D eigenvalue weighted by Gasteiger charge is 2.36. The molecule has 4 aromatic carbocycles. The smallest absolute Gasteiger partial charge is 0.296 e. The zero-order valence-electron chi connectivity index (χ0n) is 41.5. The summed E-state index contributed by atoms with van der Waals surface area (Å²) in [7, 11) is 0. The van der Waals surface area contributed by atoms with Crippen LogP contribution in [0.2, 0.25) is 5.02 Å². The number of benzene rings is 4. The first-order chi connectivity index (χ1) is 35.6. The molecular formula is C56H61ClF3N9O5. The fourth-order valence-electron chi connectivity index (χ4n) is 8.68. The van der Waals surface area contributed by atoms with Crippen LogP contribution in [0.25, 0.3) is 11.0 Å². The molecule has 0 aliphatic carbocycles. The van der Waals surface area contributed by atoms with Crippen molar-refractivity contribution in [3.8, 4) is 11.8 Å². The predicted octanol–water partition coefficient (Wildman–Crippen LogP) is 7.34. The van der Waals surface area contributed by atoms with Gasteiger partial charge in [-0.05, 0) is 104 Å². The van der Waals surface area contributed by atoms with Crippen molar-refractivity contribution in [2.75, 3.05) is 63.1 Å². The summed E-state index contributed by atoms with van der Waals surface area (Å²) in [6.45, 7) is 7.90. The first-order valence-electron chi connectivity index (χ1n) is 24.7. The van der Waals surface area contributed by atoms with Crippen LogP contribution in [0, 0.1) is 29.3 Å². The molecule has 388 valence electrons. The maximum Gasteiger partial charge on any atom is 0.296 e. The zero-order valence-corrected chi connectivity index (χ0v) is 42.3. The van der Waals surface area contributed by atoms with Gasteiger partial charge in [-0.3, -0.25) is 19.2 Å². The van der Waals surface area contributed by atoms with E-state index in [4.69, 9.17) is 22.1 Å². The number of pyridine rings is 1. The van der Waals surface area contributed by atoms with E-state index < -0.39 is 35.8 Å². The molecule has 6 aromatic rings. The Hall–Kier alpha value is -7.39. The van der Waals surface area contributed by atoms with Crippen molar-refractivity contribution in [3.05, 3.63) is 159 Å². The van der Waals surface area contributed by atoms with Gasteiger partial charge in [-0.25, -0.2) is 18.2 Å². The summed E-state index contributed by atoms with van der Waals surface area (Å²) in [6.07, 6.45) is 9.49. The minimum atomic E-state index is -0.953. The molecule has 0 spiro atoms. The molecule has 0 atom stereocenters. The van der Waals surface area contributed by atoms with Crippen LogP contribution in [-0.4, -0.2) is 85.7 Å². The Labute approximate surface area is 434 Å². The highest BCUT2D eigenvalue weighted by molar-refractivity contribution is 6.31. The van der Waals surface area contributed by atoms with Crippen LogP contribution in [0.3, 0.4) is 0 Å². The summed E-state index contributed by atoms with van der Waals surface area (Å²) in [5.41, 5.74) is 9.94. The zero-order chi connectivity index (χ0) is 52.6. The first kappa shape index (κ1) is 54.4. The molecule has 0 unspecified atom stereocenters. The third kappa shape index (κ3) is 15.1. The molecule has 1 saturated heterocycles. The number of ether oxygens (including phenoxy) is 1. The monoisotopic (exact) mass is 1030 g/mol. The largest absolute Gasteiger partial charge is 0.399 e. The normalized spacial score (nSPS) is 13.6. The number of anilines is 2. The van der Waals surface area contributed by atoms with E-state index in [0.717, 1.165) is 28.9 Å². The van der Waals surface area contributed by atoms with Crippen LogP contribution >= 0.6 is 11.6 Å². The molecule has 1 fully saturated rings. The number of fused-ring (bicyclic) bond motifs is 2. The number of rotatable bonds is 17. The minimum absolute atomic E-state index is 0.00246. The Morgan fingerprint density at radius 3 is 2.24 bits per heavy atom. The van der Waals surface area contributed by atoms with E-state index in [0.29, 0.717) is 52.4 Å². The van der Waals surface area contributed by atoms with Crippen molar-refractivity contribution in [2.45, 2.75) is 71.0 Å². The van der Waals surface area contributed by atoms with Crippen molar-refractivity contribution in [1.82, 2.24) is 36.1 Å². The molecule has 0 bridgehead atoms. The number of halogens is 4. The molecule has 14 nitrogen and oxygen atoms in total. The predicted molar refractivity (Wildman–Crippen MR) is 281 cm³/mol. The molecule has 4 amide bonds. The lowest BCUT2D eigenvalue weighted by Gasteiger charge is -2.23. The standard InChI is InChI=1S/C50H48ClF3N8O5.C6H13N/c1-50(2)30-62(28-38-40(51)4-3-5-41(38)52)44-25-34(9-12-39(44)50)48(65)60-27-37-42(53)22-32(23-43(37)54)8-13-45(63)56-17-20-67-21-18-57-46(64)29-61-19-15-33-24-35(26-59-47(33)61)49(66)58-16-14-31-6-10-36(55)11-7-31;1-2-4-6-7-5-3-1/h3-7,9-12,15,19,22-26H,14,16-18,20-21,27-30,55H2,1-2H3,(H,56,63)(H,57,64)(H,58,66)(H,60,65);7H,1-6H2. The van der Waals surface area contributed by atoms with E-state index in [9.17, 15) is 23.6 Å². The van der Waals surface area contributed by atoms with Crippen LogP contribution < -0.4 is 37.2 Å². The second kappa shape index (κ2) is 26.0. The van der Waals surface area contributed by atoms with Crippen molar-refractivity contribution >= 4 is 57.6 Å². The van der Waals surface area contributed by atoms with Gasteiger partial charge in [0, 0.05) is 107 Å². The fraction of sp³-hybridized carbons (Fsp3) is 0.339. The third-order valence-electron chi connectivity index (χ3n) is 12.6. The average Bonchev–Trinajstić information content (AvgIpc) is 3.70. The van der Waals surface area contributed by atoms with Gasteiger partial charge < -0.3 is 46.5 Å². The fourth-order valence-corrected chi connectivity index (χ4v) is 8.91. The van der Waals surface area contributed by atoms with E-state index in [1.54, 1.807) is 41.1 Å². The van der Waals surface area contributed by atoms with Crippen molar-refractivity contribution in [3.63, 3.8) is 0 Å². The van der Waals surface area contributed by atoms with Gasteiger partial charge in [0.15, 0.2) is 0 Å². The van der Waals surface area contributed by atoms with E-state index in [-0.39, 0.29) is 73.3 Å². The summed E-state index contributed by atoms with van der Waals surface area (Å²) >= 11 is 6.30. The molecule has 18 heteroatoms. The van der Waals surface area contributed by atoms with Crippen LogP contribution in [0.5, 0.6) is 0 Å². The number of aromatic nitrogens is 2. The third-order valence-corrected chi connectivity index (χ3v) is 13.0. The molecule has 2 aliphatic heterocycles. The van der Waals surface area contributed by atoms with E-state index >= 15 is 8.78 Å². The van der Waals surface area contributed by atoms with Gasteiger partial charge in [0.1, 0.15) is 29.6 Å². The molecule has 2 aliphatic rings. The Morgan fingerprint density at radius 1 is 0.797 bits per heavy atom. The summed E-state index contributed by atoms with van der Waals surface area (Å²) in [6, 6.07) is 22.6. The lowest BCUT2D eigenvalue weighted by Crippen LogP contribution is -2.31. The number of amides is 4. The number of nitrogens with zero attached hydrogens (tertiary/aromatic N) is 3. The van der Waals surface area contributed by atoms with Crippen molar-refractivity contribution < 1.29 is 37.1 Å². The SMILES string of the molecule is C1CCCNCC1.CC1(C)CN(Cc2c(F)cccc2Cl)c2cc(C(=O)NCc3c(F)cc(C#CC(=O)NCCOCCNC(=O)Cn4ccc5cc(C(=O)NCCc6ccc(N)cc6)cnc54)cc3F)ccc21.